The monoisotopic (exact) mass is 421 g/mol. The van der Waals surface area contributed by atoms with Crippen LogP contribution in [0.1, 0.15) is 49.6 Å². The molecule has 166 valence electrons. The molecule has 1 fully saturated rings. The Labute approximate surface area is 185 Å². The lowest BCUT2D eigenvalue weighted by atomic mass is 9.96. The summed E-state index contributed by atoms with van der Waals surface area (Å²) in [6.07, 6.45) is 2.40. The van der Waals surface area contributed by atoms with Crippen LogP contribution in [0, 0.1) is 13.8 Å². The fourth-order valence-electron chi connectivity index (χ4n) is 4.73. The van der Waals surface area contributed by atoms with Gasteiger partial charge in [-0.15, -0.1) is 0 Å². The van der Waals surface area contributed by atoms with E-state index in [-0.39, 0.29) is 6.10 Å². The first-order chi connectivity index (χ1) is 14.9. The van der Waals surface area contributed by atoms with Crippen molar-refractivity contribution in [3.8, 4) is 17.0 Å². The average molecular weight is 422 g/mol. The molecule has 0 aliphatic carbocycles. The third kappa shape index (κ3) is 4.94. The minimum Gasteiger partial charge on any atom is -0.490 e. The van der Waals surface area contributed by atoms with Gasteiger partial charge in [-0.25, -0.2) is 0 Å². The van der Waals surface area contributed by atoms with Crippen molar-refractivity contribution < 1.29 is 9.47 Å². The second-order valence-electron chi connectivity index (χ2n) is 9.07. The second-order valence-corrected chi connectivity index (χ2v) is 9.07. The highest BCUT2D eigenvalue weighted by molar-refractivity contribution is 5.92. The Hall–Kier alpha value is -2.37. The van der Waals surface area contributed by atoms with Crippen LogP contribution in [0.15, 0.2) is 30.3 Å². The van der Waals surface area contributed by atoms with Crippen molar-refractivity contribution in [1.82, 2.24) is 14.9 Å². The maximum absolute atomic E-state index is 6.42. The summed E-state index contributed by atoms with van der Waals surface area (Å²) in [5, 5.41) is 1.26. The van der Waals surface area contributed by atoms with Crippen LogP contribution in [-0.4, -0.2) is 54.3 Å². The largest absolute Gasteiger partial charge is 0.490 e. The zero-order chi connectivity index (χ0) is 22.0. The zero-order valence-corrected chi connectivity index (χ0v) is 19.5. The first kappa shape index (κ1) is 21.8. The lowest BCUT2D eigenvalue weighted by Crippen LogP contribution is -2.39. The van der Waals surface area contributed by atoms with Crippen molar-refractivity contribution in [3.63, 3.8) is 0 Å². The molecule has 0 unspecified atom stereocenters. The Morgan fingerprint density at radius 1 is 1.10 bits per heavy atom. The Balaban J connectivity index is 1.58. The van der Waals surface area contributed by atoms with Crippen molar-refractivity contribution in [3.05, 3.63) is 47.3 Å². The zero-order valence-electron chi connectivity index (χ0n) is 19.5. The molecule has 0 bridgehead atoms. The molecule has 5 nitrogen and oxygen atoms in total. The van der Waals surface area contributed by atoms with E-state index in [1.54, 1.807) is 7.11 Å². The van der Waals surface area contributed by atoms with Crippen LogP contribution in [0.5, 0.6) is 5.75 Å². The molecule has 5 heteroatoms. The standard InChI is InChI=1S/C26H35N3O2/c1-17(2)25-23-16-22(31-21-8-10-29(11-9-21)12-13-30-5)6-7-24(23)28-26(25)20-14-18(3)27-19(4)15-20/h6-7,14-17,21,28H,8-13H2,1-5H3. The Kier molecular flexibility index (Phi) is 6.63. The van der Waals surface area contributed by atoms with Crippen LogP contribution >= 0.6 is 0 Å². The molecule has 1 saturated heterocycles. The van der Waals surface area contributed by atoms with Gasteiger partial charge in [-0.3, -0.25) is 4.98 Å². The van der Waals surface area contributed by atoms with Crippen LogP contribution in [0.25, 0.3) is 22.2 Å². The molecule has 4 rings (SSSR count). The molecule has 31 heavy (non-hydrogen) atoms. The molecule has 3 aromatic rings. The molecule has 1 aliphatic heterocycles. The van der Waals surface area contributed by atoms with Gasteiger partial charge >= 0.3 is 0 Å². The summed E-state index contributed by atoms with van der Waals surface area (Å²) in [6.45, 7) is 12.6. The van der Waals surface area contributed by atoms with Crippen LogP contribution in [0.4, 0.5) is 0 Å². The highest BCUT2D eigenvalue weighted by Gasteiger charge is 2.22. The first-order valence-electron chi connectivity index (χ1n) is 11.4. The number of H-pyrrole nitrogens is 1. The second kappa shape index (κ2) is 9.41. The molecule has 3 heterocycles. The number of ether oxygens (including phenoxy) is 2. The highest BCUT2D eigenvalue weighted by Crippen LogP contribution is 2.37. The van der Waals surface area contributed by atoms with Crippen LogP contribution < -0.4 is 4.74 Å². The van der Waals surface area contributed by atoms with E-state index in [0.717, 1.165) is 61.7 Å². The minimum atomic E-state index is 0.280. The summed E-state index contributed by atoms with van der Waals surface area (Å²) in [4.78, 5) is 10.7. The molecule has 0 atom stereocenters. The number of hydrogen-bond acceptors (Lipinski definition) is 4. The molecular weight excluding hydrogens is 386 g/mol. The van der Waals surface area contributed by atoms with Crippen LogP contribution in [-0.2, 0) is 4.74 Å². The first-order valence-corrected chi connectivity index (χ1v) is 11.4. The van der Waals surface area contributed by atoms with Crippen molar-refractivity contribution in [2.24, 2.45) is 0 Å². The molecule has 0 saturated carbocycles. The van der Waals surface area contributed by atoms with Gasteiger partial charge in [-0.05, 0) is 68.5 Å². The summed E-state index contributed by atoms with van der Waals surface area (Å²) >= 11 is 0. The van der Waals surface area contributed by atoms with Gasteiger partial charge < -0.3 is 19.4 Å². The minimum absolute atomic E-state index is 0.280. The molecule has 1 aliphatic rings. The van der Waals surface area contributed by atoms with Crippen LogP contribution in [0.3, 0.4) is 0 Å². The van der Waals surface area contributed by atoms with E-state index < -0.39 is 0 Å². The number of methoxy groups -OCH3 is 1. The van der Waals surface area contributed by atoms with Gasteiger partial charge in [0, 0.05) is 54.6 Å². The number of likely N-dealkylation sites (tertiary alicyclic amines) is 1. The predicted molar refractivity (Wildman–Crippen MR) is 127 cm³/mol. The average Bonchev–Trinajstić information content (AvgIpc) is 3.12. The van der Waals surface area contributed by atoms with Gasteiger partial charge in [-0.2, -0.15) is 0 Å². The number of nitrogens with zero attached hydrogens (tertiary/aromatic N) is 2. The number of piperidine rings is 1. The van der Waals surface area contributed by atoms with E-state index in [9.17, 15) is 0 Å². The number of nitrogens with one attached hydrogen (secondary N) is 1. The summed E-state index contributed by atoms with van der Waals surface area (Å²) in [6, 6.07) is 10.8. The molecule has 1 aromatic carbocycles. The number of aromatic nitrogens is 2. The molecule has 0 spiro atoms. The smallest absolute Gasteiger partial charge is 0.120 e. The van der Waals surface area contributed by atoms with Crippen molar-refractivity contribution >= 4 is 10.9 Å². The van der Waals surface area contributed by atoms with Gasteiger partial charge in [-0.1, -0.05) is 13.8 Å². The third-order valence-electron chi connectivity index (χ3n) is 6.21. The van der Waals surface area contributed by atoms with Crippen molar-refractivity contribution in [2.75, 3.05) is 33.4 Å². The number of aromatic amines is 1. The van der Waals surface area contributed by atoms with Gasteiger partial charge in [0.2, 0.25) is 0 Å². The van der Waals surface area contributed by atoms with Gasteiger partial charge in [0.1, 0.15) is 11.9 Å². The molecule has 0 radical (unpaired) electrons. The number of benzene rings is 1. The SMILES string of the molecule is COCCN1CCC(Oc2ccc3[nH]c(-c4cc(C)nc(C)c4)c(C(C)C)c3c2)CC1. The summed E-state index contributed by atoms with van der Waals surface area (Å²) in [7, 11) is 1.76. The summed E-state index contributed by atoms with van der Waals surface area (Å²) in [5.74, 6) is 1.37. The fraction of sp³-hybridized carbons (Fsp3) is 0.500. The maximum Gasteiger partial charge on any atom is 0.120 e. The topological polar surface area (TPSA) is 50.4 Å². The van der Waals surface area contributed by atoms with E-state index >= 15 is 0 Å². The van der Waals surface area contributed by atoms with Gasteiger partial charge in [0.05, 0.1) is 12.3 Å². The lowest BCUT2D eigenvalue weighted by Gasteiger charge is -2.31. The third-order valence-corrected chi connectivity index (χ3v) is 6.21. The van der Waals surface area contributed by atoms with Crippen LogP contribution in [0.2, 0.25) is 0 Å². The molecule has 0 amide bonds. The quantitative estimate of drug-likeness (QED) is 0.550. The van der Waals surface area contributed by atoms with Gasteiger partial charge in [0.25, 0.3) is 0 Å². The molecule has 1 N–H and O–H groups in total. The highest BCUT2D eigenvalue weighted by atomic mass is 16.5. The van der Waals surface area contributed by atoms with E-state index in [4.69, 9.17) is 9.47 Å². The predicted octanol–water partition coefficient (Wildman–Crippen LogP) is 5.46. The Morgan fingerprint density at radius 2 is 1.81 bits per heavy atom. The number of pyridine rings is 1. The van der Waals surface area contributed by atoms with E-state index in [1.807, 2.05) is 0 Å². The summed E-state index contributed by atoms with van der Waals surface area (Å²) in [5.41, 5.74) is 7.00. The van der Waals surface area contributed by atoms with E-state index in [0.29, 0.717) is 5.92 Å². The van der Waals surface area contributed by atoms with E-state index in [1.165, 1.54) is 22.2 Å². The Bertz CT molecular complexity index is 1010. The van der Waals surface area contributed by atoms with E-state index in [2.05, 4.69) is 72.9 Å². The normalized spacial score (nSPS) is 15.8. The Morgan fingerprint density at radius 3 is 2.45 bits per heavy atom. The number of aryl methyl sites for hydroxylation is 2. The molecular formula is C26H35N3O2. The van der Waals surface area contributed by atoms with Crippen molar-refractivity contribution in [1.29, 1.82) is 0 Å². The van der Waals surface area contributed by atoms with Crippen molar-refractivity contribution in [2.45, 2.75) is 52.6 Å². The molecule has 2 aromatic heterocycles. The van der Waals surface area contributed by atoms with Gasteiger partial charge in [0.15, 0.2) is 0 Å². The maximum atomic E-state index is 6.42. The number of fused-ring (bicyclic) bond motifs is 1. The number of rotatable bonds is 7. The summed E-state index contributed by atoms with van der Waals surface area (Å²) < 4.78 is 11.6. The lowest BCUT2D eigenvalue weighted by molar-refractivity contribution is 0.0798. The fourth-order valence-corrected chi connectivity index (χ4v) is 4.73. The number of hydrogen-bond donors (Lipinski definition) is 1.